The molecule has 0 aromatic heterocycles. The average molecular weight is 301 g/mol. The second-order valence-electron chi connectivity index (χ2n) is 5.07. The molecule has 0 fully saturated rings. The van der Waals surface area contributed by atoms with Crippen LogP contribution in [0.15, 0.2) is 18.2 Å². The molecule has 0 saturated heterocycles. The fourth-order valence-electron chi connectivity index (χ4n) is 2.03. The van der Waals surface area contributed by atoms with Gasteiger partial charge in [0.05, 0.1) is 5.75 Å². The molecule has 1 atom stereocenters. The maximum Gasteiger partial charge on any atom is 0.309 e. The van der Waals surface area contributed by atoms with Crippen LogP contribution in [0.4, 0.5) is 0 Å². The Morgan fingerprint density at radius 3 is 2.90 bits per heavy atom. The summed E-state index contributed by atoms with van der Waals surface area (Å²) < 4.78 is 33.5. The fraction of sp³-hybridized carbons (Fsp3) is 0.538. The third kappa shape index (κ3) is 3.84. The second kappa shape index (κ2) is 5.99. The van der Waals surface area contributed by atoms with Crippen LogP contribution in [0.2, 0.25) is 0 Å². The lowest BCUT2D eigenvalue weighted by molar-refractivity contribution is 0.0823. The van der Waals surface area contributed by atoms with Crippen LogP contribution in [0, 0.1) is 0 Å². The van der Waals surface area contributed by atoms with Crippen LogP contribution in [0.25, 0.3) is 0 Å². The Kier molecular flexibility index (Phi) is 4.52. The van der Waals surface area contributed by atoms with Gasteiger partial charge in [0.1, 0.15) is 12.7 Å². The first-order valence-electron chi connectivity index (χ1n) is 6.37. The van der Waals surface area contributed by atoms with Gasteiger partial charge in [-0.25, -0.2) is 0 Å². The molecule has 112 valence electrons. The number of likely N-dealkylation sites (N-methyl/N-ethyl adjacent to an activating group) is 1. The van der Waals surface area contributed by atoms with Crippen LogP contribution in [-0.4, -0.2) is 57.5 Å². The summed E-state index contributed by atoms with van der Waals surface area (Å²) in [5.74, 6) is 0.576. The standard InChI is InChI=1S/C13H19NO5S/c1-14(2)8-11(15)9-18-12-5-3-4-10-6-7-20(16,17)19-13(10)12/h3-5,11,15H,6-9H2,1-2H3. The predicted octanol–water partition coefficient (Wildman–Crippen LogP) is 0.253. The highest BCUT2D eigenvalue weighted by molar-refractivity contribution is 7.87. The van der Waals surface area contributed by atoms with Crippen molar-refractivity contribution in [3.05, 3.63) is 23.8 Å². The van der Waals surface area contributed by atoms with Gasteiger partial charge in [-0.3, -0.25) is 0 Å². The van der Waals surface area contributed by atoms with Gasteiger partial charge in [0.2, 0.25) is 0 Å². The quantitative estimate of drug-likeness (QED) is 0.786. The maximum atomic E-state index is 11.5. The number of ether oxygens (including phenoxy) is 1. The zero-order chi connectivity index (χ0) is 14.8. The van der Waals surface area contributed by atoms with Crippen LogP contribution >= 0.6 is 0 Å². The molecule has 0 saturated carbocycles. The van der Waals surface area contributed by atoms with Gasteiger partial charge in [-0.1, -0.05) is 12.1 Å². The Morgan fingerprint density at radius 1 is 1.45 bits per heavy atom. The van der Waals surface area contributed by atoms with E-state index >= 15 is 0 Å². The highest BCUT2D eigenvalue weighted by Gasteiger charge is 2.25. The minimum absolute atomic E-state index is 0.0211. The van der Waals surface area contributed by atoms with Gasteiger partial charge in [0, 0.05) is 12.1 Å². The smallest absolute Gasteiger partial charge is 0.309 e. The van der Waals surface area contributed by atoms with Gasteiger partial charge >= 0.3 is 10.1 Å². The molecule has 1 aliphatic rings. The summed E-state index contributed by atoms with van der Waals surface area (Å²) in [4.78, 5) is 1.84. The van der Waals surface area contributed by atoms with E-state index in [4.69, 9.17) is 8.92 Å². The van der Waals surface area contributed by atoms with E-state index in [2.05, 4.69) is 0 Å². The molecule has 0 radical (unpaired) electrons. The molecule has 0 bridgehead atoms. The first-order chi connectivity index (χ1) is 9.37. The van der Waals surface area contributed by atoms with Gasteiger partial charge < -0.3 is 18.9 Å². The summed E-state index contributed by atoms with van der Waals surface area (Å²) >= 11 is 0. The van der Waals surface area contributed by atoms with E-state index in [9.17, 15) is 13.5 Å². The van der Waals surface area contributed by atoms with Crippen molar-refractivity contribution in [3.63, 3.8) is 0 Å². The first-order valence-corrected chi connectivity index (χ1v) is 7.95. The summed E-state index contributed by atoms with van der Waals surface area (Å²) in [6.07, 6.45) is -0.240. The van der Waals surface area contributed by atoms with Gasteiger partial charge in [-0.05, 0) is 26.6 Å². The molecule has 7 heteroatoms. The normalized spacial score (nSPS) is 18.2. The molecule has 6 nitrogen and oxygen atoms in total. The van der Waals surface area contributed by atoms with Crippen molar-refractivity contribution >= 4 is 10.1 Å². The summed E-state index contributed by atoms with van der Waals surface area (Å²) in [5.41, 5.74) is 0.805. The molecule has 1 aliphatic heterocycles. The van der Waals surface area contributed by atoms with Crippen molar-refractivity contribution in [3.8, 4) is 11.5 Å². The van der Waals surface area contributed by atoms with Gasteiger partial charge in [0.15, 0.2) is 11.5 Å². The number of benzene rings is 1. The lowest BCUT2D eigenvalue weighted by Crippen LogP contribution is -2.31. The number of rotatable bonds is 5. The highest BCUT2D eigenvalue weighted by Crippen LogP contribution is 2.35. The van der Waals surface area contributed by atoms with Crippen LogP contribution in [0.3, 0.4) is 0 Å². The van der Waals surface area contributed by atoms with Crippen LogP contribution in [-0.2, 0) is 16.5 Å². The molecule has 0 aliphatic carbocycles. The molecule has 0 spiro atoms. The zero-order valence-corrected chi connectivity index (χ0v) is 12.4. The number of hydrogen-bond acceptors (Lipinski definition) is 6. The van der Waals surface area contributed by atoms with Crippen molar-refractivity contribution < 1.29 is 22.4 Å². The van der Waals surface area contributed by atoms with E-state index in [1.807, 2.05) is 25.1 Å². The van der Waals surface area contributed by atoms with Crippen molar-refractivity contribution in [2.75, 3.05) is 33.0 Å². The molecule has 20 heavy (non-hydrogen) atoms. The third-order valence-corrected chi connectivity index (χ3v) is 4.02. The number of para-hydroxylation sites is 1. The molecule has 1 heterocycles. The molecule has 1 aromatic carbocycles. The number of aliphatic hydroxyl groups excluding tert-OH is 1. The molecule has 1 unspecified atom stereocenters. The summed E-state index contributed by atoms with van der Waals surface area (Å²) in [5, 5.41) is 9.76. The lowest BCUT2D eigenvalue weighted by atomic mass is 10.1. The minimum atomic E-state index is -3.53. The molecule has 2 rings (SSSR count). The Balaban J connectivity index is 2.10. The van der Waals surface area contributed by atoms with E-state index in [1.165, 1.54) is 0 Å². The third-order valence-electron chi connectivity index (χ3n) is 2.90. The summed E-state index contributed by atoms with van der Waals surface area (Å²) in [7, 11) is 0.174. The van der Waals surface area contributed by atoms with Crippen molar-refractivity contribution in [2.45, 2.75) is 12.5 Å². The lowest BCUT2D eigenvalue weighted by Gasteiger charge is -2.21. The van der Waals surface area contributed by atoms with Crippen LogP contribution in [0.1, 0.15) is 5.56 Å². The molecule has 1 aromatic rings. The molecule has 1 N–H and O–H groups in total. The van der Waals surface area contributed by atoms with Gasteiger partial charge in [-0.2, -0.15) is 8.42 Å². The van der Waals surface area contributed by atoms with E-state index in [0.29, 0.717) is 18.7 Å². The van der Waals surface area contributed by atoms with Crippen molar-refractivity contribution in [1.82, 2.24) is 4.90 Å². The SMILES string of the molecule is CN(C)CC(O)COc1cccc2c1OS(=O)(=O)CC2. The predicted molar refractivity (Wildman–Crippen MR) is 74.6 cm³/mol. The Bertz CT molecular complexity index is 570. The van der Waals surface area contributed by atoms with Gasteiger partial charge in [0.25, 0.3) is 0 Å². The van der Waals surface area contributed by atoms with E-state index in [-0.39, 0.29) is 18.1 Å². The number of aryl methyl sites for hydroxylation is 1. The summed E-state index contributed by atoms with van der Waals surface area (Å²) in [6, 6.07) is 5.24. The monoisotopic (exact) mass is 301 g/mol. The average Bonchev–Trinajstić information content (AvgIpc) is 2.34. The largest absolute Gasteiger partial charge is 0.487 e. The maximum absolute atomic E-state index is 11.5. The molecular formula is C13H19NO5S. The Hall–Kier alpha value is -1.31. The van der Waals surface area contributed by atoms with Crippen molar-refractivity contribution in [1.29, 1.82) is 0 Å². The first kappa shape index (κ1) is 15.1. The molecule has 0 amide bonds. The van der Waals surface area contributed by atoms with Crippen molar-refractivity contribution in [2.24, 2.45) is 0 Å². The van der Waals surface area contributed by atoms with Gasteiger partial charge in [-0.15, -0.1) is 0 Å². The number of nitrogens with zero attached hydrogens (tertiary/aromatic N) is 1. The van der Waals surface area contributed by atoms with Crippen LogP contribution in [0.5, 0.6) is 11.5 Å². The topological polar surface area (TPSA) is 76.1 Å². The fourth-order valence-corrected chi connectivity index (χ4v) is 3.03. The number of fused-ring (bicyclic) bond motifs is 1. The second-order valence-corrected chi connectivity index (χ2v) is 6.76. The molecular weight excluding hydrogens is 282 g/mol. The Labute approximate surface area is 119 Å². The van der Waals surface area contributed by atoms with E-state index in [1.54, 1.807) is 12.1 Å². The summed E-state index contributed by atoms with van der Waals surface area (Å²) in [6.45, 7) is 0.548. The van der Waals surface area contributed by atoms with E-state index < -0.39 is 16.2 Å². The number of hydrogen-bond donors (Lipinski definition) is 1. The van der Waals surface area contributed by atoms with Crippen LogP contribution < -0.4 is 8.92 Å². The Morgan fingerprint density at radius 2 is 2.20 bits per heavy atom. The minimum Gasteiger partial charge on any atom is -0.487 e. The zero-order valence-electron chi connectivity index (χ0n) is 11.6. The highest BCUT2D eigenvalue weighted by atomic mass is 32.2. The van der Waals surface area contributed by atoms with E-state index in [0.717, 1.165) is 5.56 Å². The number of aliphatic hydroxyl groups is 1.